The summed E-state index contributed by atoms with van der Waals surface area (Å²) in [5.74, 6) is 1.93. The molecular weight excluding hydrogens is 174 g/mol. The molecule has 1 aromatic rings. The average Bonchev–Trinajstić information content (AvgIpc) is 2.69. The minimum atomic E-state index is 0.961. The zero-order valence-electron chi connectivity index (χ0n) is 8.82. The van der Waals surface area contributed by atoms with Crippen molar-refractivity contribution in [1.82, 2.24) is 14.9 Å². The minimum absolute atomic E-state index is 0.961. The number of nitrogens with one attached hydrogen (secondary N) is 1. The van der Waals surface area contributed by atoms with Crippen LogP contribution < -0.4 is 5.32 Å². The lowest BCUT2D eigenvalue weighted by atomic mass is 10.3. The molecule has 0 amide bonds. The zero-order chi connectivity index (χ0) is 9.80. The third-order valence-corrected chi connectivity index (χ3v) is 3.01. The second-order valence-corrected chi connectivity index (χ2v) is 4.33. The Bertz CT molecular complexity index is 256. The van der Waals surface area contributed by atoms with E-state index in [9.17, 15) is 0 Å². The summed E-state index contributed by atoms with van der Waals surface area (Å²) in [6.07, 6.45) is 8.34. The molecule has 0 bridgehead atoms. The summed E-state index contributed by atoms with van der Waals surface area (Å²) in [5.41, 5.74) is 0. The summed E-state index contributed by atoms with van der Waals surface area (Å²) in [6.45, 7) is 5.75. The number of hydrogen-bond donors (Lipinski definition) is 1. The van der Waals surface area contributed by atoms with E-state index in [4.69, 9.17) is 0 Å². The Balaban J connectivity index is 1.47. The number of rotatable bonds is 6. The summed E-state index contributed by atoms with van der Waals surface area (Å²) in [4.78, 5) is 4.01. The van der Waals surface area contributed by atoms with Gasteiger partial charge in [-0.1, -0.05) is 6.92 Å². The van der Waals surface area contributed by atoms with Crippen molar-refractivity contribution in [3.8, 4) is 0 Å². The van der Waals surface area contributed by atoms with E-state index in [2.05, 4.69) is 21.8 Å². The van der Waals surface area contributed by atoms with Crippen molar-refractivity contribution in [2.75, 3.05) is 13.1 Å². The predicted octanol–water partition coefficient (Wildman–Crippen LogP) is 1.52. The van der Waals surface area contributed by atoms with Gasteiger partial charge >= 0.3 is 0 Å². The molecule has 1 aliphatic carbocycles. The van der Waals surface area contributed by atoms with Gasteiger partial charge in [0.25, 0.3) is 0 Å². The number of aromatic nitrogens is 2. The molecule has 0 aliphatic heterocycles. The number of imidazole rings is 1. The van der Waals surface area contributed by atoms with Crippen LogP contribution in [0, 0.1) is 11.8 Å². The first-order chi connectivity index (χ1) is 6.86. The van der Waals surface area contributed by atoms with Gasteiger partial charge in [-0.05, 0) is 37.8 Å². The van der Waals surface area contributed by atoms with Crippen LogP contribution >= 0.6 is 0 Å². The minimum Gasteiger partial charge on any atom is -0.337 e. The summed E-state index contributed by atoms with van der Waals surface area (Å²) in [6, 6.07) is 0. The van der Waals surface area contributed by atoms with Gasteiger partial charge in [-0.25, -0.2) is 4.98 Å². The Kier molecular flexibility index (Phi) is 3.19. The van der Waals surface area contributed by atoms with Crippen LogP contribution in [0.5, 0.6) is 0 Å². The first-order valence-electron chi connectivity index (χ1n) is 5.52. The van der Waals surface area contributed by atoms with Crippen molar-refractivity contribution >= 4 is 0 Å². The van der Waals surface area contributed by atoms with Crippen molar-refractivity contribution in [2.45, 2.75) is 26.3 Å². The van der Waals surface area contributed by atoms with E-state index in [-0.39, 0.29) is 0 Å². The van der Waals surface area contributed by atoms with Crippen molar-refractivity contribution in [3.05, 3.63) is 18.7 Å². The van der Waals surface area contributed by atoms with Crippen molar-refractivity contribution in [1.29, 1.82) is 0 Å². The zero-order valence-corrected chi connectivity index (χ0v) is 8.82. The van der Waals surface area contributed by atoms with Crippen LogP contribution in [0.15, 0.2) is 18.7 Å². The normalized spacial score (nSPS) is 25.2. The molecule has 1 aromatic heterocycles. The lowest BCUT2D eigenvalue weighted by molar-refractivity contribution is 0.555. The van der Waals surface area contributed by atoms with E-state index in [1.54, 1.807) is 0 Å². The Labute approximate surface area is 85.5 Å². The average molecular weight is 193 g/mol. The highest BCUT2D eigenvalue weighted by atomic mass is 15.0. The van der Waals surface area contributed by atoms with Crippen LogP contribution in [-0.4, -0.2) is 22.6 Å². The van der Waals surface area contributed by atoms with Crippen molar-refractivity contribution in [2.24, 2.45) is 11.8 Å². The molecule has 14 heavy (non-hydrogen) atoms. The molecule has 1 aliphatic rings. The molecule has 0 aromatic carbocycles. The molecule has 0 radical (unpaired) electrons. The molecule has 0 saturated heterocycles. The van der Waals surface area contributed by atoms with Gasteiger partial charge in [-0.15, -0.1) is 0 Å². The molecule has 3 heteroatoms. The highest BCUT2D eigenvalue weighted by Crippen LogP contribution is 2.36. The SMILES string of the molecule is CC1CC1CNCCCn1ccnc1. The van der Waals surface area contributed by atoms with Gasteiger partial charge in [0, 0.05) is 18.9 Å². The van der Waals surface area contributed by atoms with Gasteiger partial charge in [-0.2, -0.15) is 0 Å². The second kappa shape index (κ2) is 4.60. The van der Waals surface area contributed by atoms with E-state index >= 15 is 0 Å². The van der Waals surface area contributed by atoms with Crippen molar-refractivity contribution in [3.63, 3.8) is 0 Å². The molecule has 1 heterocycles. The van der Waals surface area contributed by atoms with E-state index in [0.29, 0.717) is 0 Å². The molecule has 3 nitrogen and oxygen atoms in total. The molecule has 1 N–H and O–H groups in total. The van der Waals surface area contributed by atoms with E-state index < -0.39 is 0 Å². The monoisotopic (exact) mass is 193 g/mol. The van der Waals surface area contributed by atoms with Gasteiger partial charge in [0.15, 0.2) is 0 Å². The van der Waals surface area contributed by atoms with E-state index in [1.165, 1.54) is 19.4 Å². The first kappa shape index (κ1) is 9.71. The molecular formula is C11H19N3. The van der Waals surface area contributed by atoms with E-state index in [1.807, 2.05) is 18.7 Å². The Morgan fingerprint density at radius 1 is 1.57 bits per heavy atom. The topological polar surface area (TPSA) is 29.9 Å². The van der Waals surface area contributed by atoms with Crippen LogP contribution in [0.1, 0.15) is 19.8 Å². The highest BCUT2D eigenvalue weighted by Gasteiger charge is 2.31. The molecule has 0 spiro atoms. The van der Waals surface area contributed by atoms with Crippen LogP contribution in [0.4, 0.5) is 0 Å². The van der Waals surface area contributed by atoms with Crippen LogP contribution in [0.2, 0.25) is 0 Å². The predicted molar refractivity (Wildman–Crippen MR) is 57.0 cm³/mol. The first-order valence-corrected chi connectivity index (χ1v) is 5.52. The smallest absolute Gasteiger partial charge is 0.0945 e. The number of nitrogens with zero attached hydrogens (tertiary/aromatic N) is 2. The molecule has 1 saturated carbocycles. The molecule has 2 atom stereocenters. The summed E-state index contributed by atoms with van der Waals surface area (Å²) in [7, 11) is 0. The Hall–Kier alpha value is -0.830. The Morgan fingerprint density at radius 2 is 2.43 bits per heavy atom. The van der Waals surface area contributed by atoms with Crippen LogP contribution in [0.25, 0.3) is 0 Å². The summed E-state index contributed by atoms with van der Waals surface area (Å²) in [5, 5.41) is 3.51. The largest absolute Gasteiger partial charge is 0.337 e. The highest BCUT2D eigenvalue weighted by molar-refractivity contribution is 4.83. The fourth-order valence-corrected chi connectivity index (χ4v) is 1.78. The molecule has 2 unspecified atom stereocenters. The maximum absolute atomic E-state index is 4.01. The quantitative estimate of drug-likeness (QED) is 0.694. The lowest BCUT2D eigenvalue weighted by Gasteiger charge is -2.04. The van der Waals surface area contributed by atoms with Gasteiger partial charge in [0.2, 0.25) is 0 Å². The number of aryl methyl sites for hydroxylation is 1. The summed E-state index contributed by atoms with van der Waals surface area (Å²) >= 11 is 0. The maximum Gasteiger partial charge on any atom is 0.0945 e. The fourth-order valence-electron chi connectivity index (χ4n) is 1.78. The summed E-state index contributed by atoms with van der Waals surface area (Å²) < 4.78 is 2.13. The Morgan fingerprint density at radius 3 is 3.07 bits per heavy atom. The third-order valence-electron chi connectivity index (χ3n) is 3.01. The maximum atomic E-state index is 4.01. The molecule has 2 rings (SSSR count). The molecule has 1 fully saturated rings. The van der Waals surface area contributed by atoms with Crippen LogP contribution in [0.3, 0.4) is 0 Å². The fraction of sp³-hybridized carbons (Fsp3) is 0.727. The van der Waals surface area contributed by atoms with Crippen molar-refractivity contribution < 1.29 is 0 Å². The van der Waals surface area contributed by atoms with Gasteiger partial charge in [0.05, 0.1) is 6.33 Å². The lowest BCUT2D eigenvalue weighted by Crippen LogP contribution is -2.19. The van der Waals surface area contributed by atoms with E-state index in [0.717, 1.165) is 24.9 Å². The number of hydrogen-bond acceptors (Lipinski definition) is 2. The second-order valence-electron chi connectivity index (χ2n) is 4.33. The standard InChI is InChI=1S/C11H19N3/c1-10-7-11(10)8-12-3-2-5-14-6-4-13-9-14/h4,6,9-12H,2-3,5,7-8H2,1H3. The third kappa shape index (κ3) is 2.84. The van der Waals surface area contributed by atoms with Gasteiger partial charge in [-0.3, -0.25) is 0 Å². The van der Waals surface area contributed by atoms with Gasteiger partial charge in [0.1, 0.15) is 0 Å². The van der Waals surface area contributed by atoms with Crippen LogP contribution in [-0.2, 0) is 6.54 Å². The molecule has 78 valence electrons. The van der Waals surface area contributed by atoms with Gasteiger partial charge < -0.3 is 9.88 Å².